The lowest BCUT2D eigenvalue weighted by Gasteiger charge is -2.20. The van der Waals surface area contributed by atoms with Crippen molar-refractivity contribution in [1.82, 2.24) is 0 Å². The molecule has 2 atom stereocenters. The number of aliphatic hydroxyl groups is 2. The van der Waals surface area contributed by atoms with Gasteiger partial charge >= 0.3 is 0 Å². The molecule has 0 bridgehead atoms. The Hall–Kier alpha value is -2.09. The highest BCUT2D eigenvalue weighted by Gasteiger charge is 2.23. The highest BCUT2D eigenvalue weighted by molar-refractivity contribution is 5.88. The van der Waals surface area contributed by atoms with Crippen LogP contribution in [0.15, 0.2) is 36.4 Å². The molecular weight excluding hydrogens is 242 g/mol. The topological polar surface area (TPSA) is 73.5 Å². The van der Waals surface area contributed by atoms with E-state index in [0.717, 1.165) is 10.8 Å². The number of aliphatic hydroxyl groups excluding tert-OH is 2. The molecule has 2 unspecified atom stereocenters. The number of rotatable bonds is 4. The van der Waals surface area contributed by atoms with Gasteiger partial charge < -0.3 is 14.9 Å². The number of fused-ring (bicyclic) bond motifs is 1. The average molecular weight is 257 g/mol. The van der Waals surface area contributed by atoms with Gasteiger partial charge in [-0.2, -0.15) is 5.26 Å². The third-order valence-corrected chi connectivity index (χ3v) is 3.11. The smallest absolute Gasteiger partial charge is 0.125 e. The monoisotopic (exact) mass is 257 g/mol. The zero-order valence-corrected chi connectivity index (χ0v) is 10.6. The van der Waals surface area contributed by atoms with Gasteiger partial charge in [0.2, 0.25) is 0 Å². The van der Waals surface area contributed by atoms with Crippen LogP contribution in [-0.4, -0.2) is 23.4 Å². The summed E-state index contributed by atoms with van der Waals surface area (Å²) in [6.07, 6.45) is -2.42. The zero-order chi connectivity index (χ0) is 13.8. The summed E-state index contributed by atoms with van der Waals surface area (Å²) < 4.78 is 5.25. The van der Waals surface area contributed by atoms with Crippen LogP contribution in [0.3, 0.4) is 0 Å². The Labute approximate surface area is 111 Å². The van der Waals surface area contributed by atoms with Gasteiger partial charge in [-0.3, -0.25) is 0 Å². The lowest BCUT2D eigenvalue weighted by atomic mass is 9.95. The summed E-state index contributed by atoms with van der Waals surface area (Å²) >= 11 is 0. The molecule has 0 spiro atoms. The van der Waals surface area contributed by atoms with Crippen LogP contribution in [0, 0.1) is 11.3 Å². The maximum absolute atomic E-state index is 10.2. The molecule has 2 rings (SSSR count). The van der Waals surface area contributed by atoms with E-state index in [1.807, 2.05) is 36.4 Å². The second kappa shape index (κ2) is 5.70. The van der Waals surface area contributed by atoms with E-state index in [1.54, 1.807) is 6.07 Å². The summed E-state index contributed by atoms with van der Waals surface area (Å²) in [5.41, 5.74) is 0.517. The average Bonchev–Trinajstić information content (AvgIpc) is 2.45. The zero-order valence-electron chi connectivity index (χ0n) is 10.6. The molecule has 2 aromatic rings. The fourth-order valence-electron chi connectivity index (χ4n) is 2.16. The third kappa shape index (κ3) is 2.53. The van der Waals surface area contributed by atoms with E-state index in [-0.39, 0.29) is 6.42 Å². The van der Waals surface area contributed by atoms with Crippen LogP contribution in [0.4, 0.5) is 0 Å². The van der Waals surface area contributed by atoms with Crippen molar-refractivity contribution in [3.63, 3.8) is 0 Å². The molecule has 0 saturated heterocycles. The van der Waals surface area contributed by atoms with Crippen LogP contribution in [0.5, 0.6) is 5.75 Å². The molecule has 19 heavy (non-hydrogen) atoms. The minimum absolute atomic E-state index is 0.131. The maximum atomic E-state index is 10.2. The van der Waals surface area contributed by atoms with Crippen LogP contribution < -0.4 is 4.74 Å². The summed E-state index contributed by atoms with van der Waals surface area (Å²) in [7, 11) is 1.51. The van der Waals surface area contributed by atoms with E-state index in [1.165, 1.54) is 7.11 Å². The summed E-state index contributed by atoms with van der Waals surface area (Å²) in [4.78, 5) is 0. The quantitative estimate of drug-likeness (QED) is 0.880. The molecule has 0 aliphatic rings. The largest absolute Gasteiger partial charge is 0.496 e. The van der Waals surface area contributed by atoms with Crippen LogP contribution >= 0.6 is 0 Å². The van der Waals surface area contributed by atoms with Gasteiger partial charge in [0, 0.05) is 5.56 Å². The van der Waals surface area contributed by atoms with E-state index in [0.29, 0.717) is 11.3 Å². The van der Waals surface area contributed by atoms with E-state index in [4.69, 9.17) is 10.00 Å². The Bertz CT molecular complexity index is 618. The number of benzene rings is 2. The van der Waals surface area contributed by atoms with Crippen molar-refractivity contribution in [1.29, 1.82) is 5.26 Å². The first-order valence-corrected chi connectivity index (χ1v) is 5.97. The van der Waals surface area contributed by atoms with E-state index >= 15 is 0 Å². The molecular formula is C15H15NO3. The van der Waals surface area contributed by atoms with E-state index in [2.05, 4.69) is 0 Å². The number of hydrogen-bond acceptors (Lipinski definition) is 4. The Balaban J connectivity index is 2.59. The van der Waals surface area contributed by atoms with Crippen molar-refractivity contribution in [3.8, 4) is 11.8 Å². The van der Waals surface area contributed by atoms with Crippen LogP contribution in [0.1, 0.15) is 18.1 Å². The van der Waals surface area contributed by atoms with Gasteiger partial charge in [0.1, 0.15) is 11.9 Å². The van der Waals surface area contributed by atoms with Crippen molar-refractivity contribution in [2.24, 2.45) is 0 Å². The van der Waals surface area contributed by atoms with Crippen molar-refractivity contribution in [2.75, 3.05) is 7.11 Å². The SMILES string of the molecule is COc1ccc2ccccc2c1C(O)C(O)CC#N. The van der Waals surface area contributed by atoms with Crippen molar-refractivity contribution >= 4 is 10.8 Å². The predicted octanol–water partition coefficient (Wildman–Crippen LogP) is 2.16. The lowest BCUT2D eigenvalue weighted by molar-refractivity contribution is 0.0212. The first kappa shape index (κ1) is 13.3. The standard InChI is InChI=1S/C15H15NO3/c1-19-13-7-6-10-4-2-3-5-11(10)14(13)15(18)12(17)8-9-16/h2-7,12,15,17-18H,8H2,1H3. The fourth-order valence-corrected chi connectivity index (χ4v) is 2.16. The molecule has 2 aromatic carbocycles. The Morgan fingerprint density at radius 3 is 2.63 bits per heavy atom. The molecule has 2 N–H and O–H groups in total. The molecule has 0 fully saturated rings. The molecule has 0 saturated carbocycles. The molecule has 0 aliphatic heterocycles. The molecule has 98 valence electrons. The summed E-state index contributed by atoms with van der Waals surface area (Å²) in [6.45, 7) is 0. The molecule has 0 amide bonds. The van der Waals surface area contributed by atoms with Gasteiger partial charge in [-0.15, -0.1) is 0 Å². The van der Waals surface area contributed by atoms with Gasteiger partial charge in [0.05, 0.1) is 25.7 Å². The highest BCUT2D eigenvalue weighted by Crippen LogP contribution is 2.35. The number of ether oxygens (including phenoxy) is 1. The van der Waals surface area contributed by atoms with Crippen LogP contribution in [0.2, 0.25) is 0 Å². The summed E-state index contributed by atoms with van der Waals surface area (Å²) in [6, 6.07) is 13.0. The lowest BCUT2D eigenvalue weighted by Crippen LogP contribution is -2.18. The second-order valence-electron chi connectivity index (χ2n) is 4.28. The molecule has 0 aliphatic carbocycles. The van der Waals surface area contributed by atoms with Gasteiger partial charge in [0.25, 0.3) is 0 Å². The number of hydrogen-bond donors (Lipinski definition) is 2. The van der Waals surface area contributed by atoms with Crippen LogP contribution in [0.25, 0.3) is 10.8 Å². The fraction of sp³-hybridized carbons (Fsp3) is 0.267. The predicted molar refractivity (Wildman–Crippen MR) is 71.7 cm³/mol. The van der Waals surface area contributed by atoms with Gasteiger partial charge in [0.15, 0.2) is 0 Å². The normalized spacial score (nSPS) is 13.8. The molecule has 4 heteroatoms. The molecule has 4 nitrogen and oxygen atoms in total. The second-order valence-corrected chi connectivity index (χ2v) is 4.28. The minimum Gasteiger partial charge on any atom is -0.496 e. The highest BCUT2D eigenvalue weighted by atomic mass is 16.5. The molecule has 0 aromatic heterocycles. The number of methoxy groups -OCH3 is 1. The van der Waals surface area contributed by atoms with E-state index < -0.39 is 12.2 Å². The van der Waals surface area contributed by atoms with Crippen molar-refractivity contribution in [2.45, 2.75) is 18.6 Å². The van der Waals surface area contributed by atoms with Crippen molar-refractivity contribution in [3.05, 3.63) is 42.0 Å². The third-order valence-electron chi connectivity index (χ3n) is 3.11. The van der Waals surface area contributed by atoms with Gasteiger partial charge in [-0.05, 0) is 16.8 Å². The Kier molecular flexibility index (Phi) is 4.00. The Morgan fingerprint density at radius 2 is 1.95 bits per heavy atom. The first-order valence-electron chi connectivity index (χ1n) is 5.97. The number of nitriles is 1. The van der Waals surface area contributed by atoms with Gasteiger partial charge in [-0.25, -0.2) is 0 Å². The Morgan fingerprint density at radius 1 is 1.21 bits per heavy atom. The summed E-state index contributed by atoms with van der Waals surface area (Å²) in [5.74, 6) is 0.503. The molecule has 0 radical (unpaired) electrons. The first-order chi connectivity index (χ1) is 9.19. The number of nitrogens with zero attached hydrogens (tertiary/aromatic N) is 1. The minimum atomic E-state index is -1.15. The maximum Gasteiger partial charge on any atom is 0.125 e. The molecule has 0 heterocycles. The summed E-state index contributed by atoms with van der Waals surface area (Å²) in [5, 5.41) is 30.4. The van der Waals surface area contributed by atoms with Crippen molar-refractivity contribution < 1.29 is 14.9 Å². The van der Waals surface area contributed by atoms with Gasteiger partial charge in [-0.1, -0.05) is 30.3 Å². The van der Waals surface area contributed by atoms with E-state index in [9.17, 15) is 10.2 Å². The van der Waals surface area contributed by atoms with Crippen LogP contribution in [-0.2, 0) is 0 Å².